The molecule has 0 aromatic rings. The number of nitrogens with zero attached hydrogens (tertiary/aromatic N) is 5. The van der Waals surface area contributed by atoms with Crippen molar-refractivity contribution in [3.63, 3.8) is 0 Å². The van der Waals surface area contributed by atoms with Gasteiger partial charge in [0, 0.05) is 7.05 Å². The van der Waals surface area contributed by atoms with Crippen molar-refractivity contribution in [2.45, 2.75) is 25.4 Å². The molecule has 19 heavy (non-hydrogen) atoms. The number of aliphatic hydroxyl groups is 1. The summed E-state index contributed by atoms with van der Waals surface area (Å²) in [6, 6.07) is 0. The van der Waals surface area contributed by atoms with Crippen LogP contribution in [0.4, 0.5) is 0 Å². The summed E-state index contributed by atoms with van der Waals surface area (Å²) in [6.45, 7) is 3.60. The van der Waals surface area contributed by atoms with Crippen LogP contribution in [0.3, 0.4) is 0 Å². The first-order chi connectivity index (χ1) is 8.66. The van der Waals surface area contributed by atoms with Gasteiger partial charge in [-0.05, 0) is 35.0 Å². The first-order valence-corrected chi connectivity index (χ1v) is 6.09. The van der Waals surface area contributed by atoms with Gasteiger partial charge in [0.2, 0.25) is 0 Å². The van der Waals surface area contributed by atoms with Crippen LogP contribution >= 0.6 is 0 Å². The molecule has 3 N–H and O–H groups in total. The molecule has 1 rings (SSSR count). The molecule has 2 atom stereocenters. The van der Waals surface area contributed by atoms with E-state index in [1.165, 1.54) is 12.2 Å². The fourth-order valence-corrected chi connectivity index (χ4v) is 2.31. The Morgan fingerprint density at radius 3 is 2.26 bits per heavy atom. The van der Waals surface area contributed by atoms with E-state index in [4.69, 9.17) is 10.6 Å². The van der Waals surface area contributed by atoms with Crippen LogP contribution in [0.25, 0.3) is 0 Å². The van der Waals surface area contributed by atoms with Gasteiger partial charge in [-0.25, -0.2) is 9.89 Å². The Labute approximate surface area is 115 Å². The average molecular weight is 274 g/mol. The smallest absolute Gasteiger partial charge is 0.196 e. The maximum absolute atomic E-state index is 9.53. The largest absolute Gasteiger partial charge is 0.379 e. The molecule has 2 unspecified atom stereocenters. The fourth-order valence-electron chi connectivity index (χ4n) is 2.31. The lowest BCUT2D eigenvalue weighted by Gasteiger charge is -2.59. The molecule has 1 aliphatic heterocycles. The fraction of sp³-hybridized carbons (Fsp3) is 0.909. The van der Waals surface area contributed by atoms with Crippen molar-refractivity contribution in [2.75, 3.05) is 42.0 Å². The van der Waals surface area contributed by atoms with E-state index in [0.717, 1.165) is 0 Å². The Morgan fingerprint density at radius 2 is 1.89 bits per heavy atom. The van der Waals surface area contributed by atoms with Gasteiger partial charge in [0.25, 0.3) is 0 Å². The van der Waals surface area contributed by atoms with Crippen LogP contribution in [0.5, 0.6) is 0 Å². The Bertz CT molecular complexity index is 359. The molecule has 0 fully saturated rings. The normalized spacial score (nSPS) is 33.2. The molecule has 0 spiro atoms. The van der Waals surface area contributed by atoms with Crippen molar-refractivity contribution < 1.29 is 9.94 Å². The monoisotopic (exact) mass is 274 g/mol. The van der Waals surface area contributed by atoms with Crippen molar-refractivity contribution in [1.29, 1.82) is 0 Å². The van der Waals surface area contributed by atoms with Gasteiger partial charge in [0.1, 0.15) is 6.73 Å². The van der Waals surface area contributed by atoms with Crippen LogP contribution in [0.2, 0.25) is 0 Å². The summed E-state index contributed by atoms with van der Waals surface area (Å²) in [5.41, 5.74) is 6.04. The third-order valence-electron chi connectivity index (χ3n) is 4.24. The Morgan fingerprint density at radius 1 is 1.37 bits per heavy atom. The van der Waals surface area contributed by atoms with Crippen LogP contribution in [0.1, 0.15) is 13.8 Å². The Hall–Kier alpha value is -0.930. The number of nitrogens with two attached hydrogens (primary N) is 1. The summed E-state index contributed by atoms with van der Waals surface area (Å²) in [7, 11) is 9.09. The van der Waals surface area contributed by atoms with Crippen molar-refractivity contribution in [3.05, 3.63) is 0 Å². The number of hydrogen-bond acceptors (Lipinski definition) is 8. The molecule has 0 bridgehead atoms. The third-order valence-corrected chi connectivity index (χ3v) is 4.24. The molecule has 1 aliphatic rings. The molecular weight excluding hydrogens is 248 g/mol. The zero-order valence-corrected chi connectivity index (χ0v) is 12.9. The maximum atomic E-state index is 9.53. The maximum Gasteiger partial charge on any atom is 0.196 e. The van der Waals surface area contributed by atoms with Crippen LogP contribution in [0, 0.1) is 0 Å². The number of rotatable bonds is 4. The van der Waals surface area contributed by atoms with Gasteiger partial charge < -0.3 is 15.7 Å². The number of aliphatic imine (C=N–C) groups is 1. The van der Waals surface area contributed by atoms with E-state index < -0.39 is 11.6 Å². The highest BCUT2D eigenvalue weighted by Crippen LogP contribution is 2.35. The third kappa shape index (κ3) is 2.19. The zero-order valence-electron chi connectivity index (χ0n) is 12.9. The molecule has 0 radical (unpaired) electrons. The molecule has 1 heterocycles. The number of aliphatic hydroxyl groups excluding tert-OH is 1. The van der Waals surface area contributed by atoms with Gasteiger partial charge in [0.15, 0.2) is 17.5 Å². The zero-order chi connectivity index (χ0) is 15.0. The summed E-state index contributed by atoms with van der Waals surface area (Å²) in [6.07, 6.45) is 0. The molecule has 0 saturated carbocycles. The van der Waals surface area contributed by atoms with Crippen LogP contribution in [-0.2, 0) is 4.84 Å². The molecule has 0 amide bonds. The van der Waals surface area contributed by atoms with Crippen LogP contribution in [0.15, 0.2) is 4.99 Å². The van der Waals surface area contributed by atoms with E-state index in [1.54, 1.807) is 4.90 Å². The molecule has 0 saturated heterocycles. The quantitative estimate of drug-likeness (QED) is 0.497. The molecule has 112 valence electrons. The highest BCUT2D eigenvalue weighted by Gasteiger charge is 2.53. The molecular formula is C11H26N6O2. The van der Waals surface area contributed by atoms with E-state index in [1.807, 2.05) is 51.8 Å². The molecule has 8 nitrogen and oxygen atoms in total. The molecule has 0 aliphatic carbocycles. The second kappa shape index (κ2) is 5.22. The van der Waals surface area contributed by atoms with Gasteiger partial charge in [-0.15, -0.1) is 5.06 Å². The number of guanidine groups is 1. The summed E-state index contributed by atoms with van der Waals surface area (Å²) in [5, 5.41) is 11.0. The first kappa shape index (κ1) is 16.1. The minimum Gasteiger partial charge on any atom is -0.379 e. The molecule has 0 aromatic heterocycles. The highest BCUT2D eigenvalue weighted by atomic mass is 16.7. The Balaban J connectivity index is 3.37. The second-order valence-corrected chi connectivity index (χ2v) is 5.13. The second-order valence-electron chi connectivity index (χ2n) is 5.13. The standard InChI is InChI=1S/C11H26N6O2/c1-10(14(3)4)13-9(12)15(5)11(2,16(10)6)17(8-18)19-7/h18H,8H2,1-7H3,(H2,12,13). The molecule has 8 heteroatoms. The lowest BCUT2D eigenvalue weighted by molar-refractivity contribution is -0.327. The summed E-state index contributed by atoms with van der Waals surface area (Å²) >= 11 is 0. The Kier molecular flexibility index (Phi) is 4.43. The van der Waals surface area contributed by atoms with E-state index in [-0.39, 0.29) is 6.73 Å². The topological polar surface area (TPSA) is 80.8 Å². The SMILES string of the molecule is CON(CO)C1(C)N(C)C(N)=NC(C)(N(C)C)N1C. The van der Waals surface area contributed by atoms with E-state index in [2.05, 4.69) is 4.99 Å². The average Bonchev–Trinajstić information content (AvgIpc) is 2.35. The van der Waals surface area contributed by atoms with Gasteiger partial charge in [-0.2, -0.15) is 0 Å². The van der Waals surface area contributed by atoms with E-state index >= 15 is 0 Å². The van der Waals surface area contributed by atoms with Gasteiger partial charge >= 0.3 is 0 Å². The molecule has 0 aromatic carbocycles. The minimum absolute atomic E-state index is 0.265. The summed E-state index contributed by atoms with van der Waals surface area (Å²) in [4.78, 5) is 15.5. The van der Waals surface area contributed by atoms with Gasteiger partial charge in [-0.3, -0.25) is 9.74 Å². The predicted octanol–water partition coefficient (Wildman–Crippen LogP) is -1.10. The van der Waals surface area contributed by atoms with Crippen molar-refractivity contribution in [1.82, 2.24) is 19.8 Å². The van der Waals surface area contributed by atoms with Crippen LogP contribution < -0.4 is 5.73 Å². The van der Waals surface area contributed by atoms with Crippen molar-refractivity contribution in [3.8, 4) is 0 Å². The first-order valence-electron chi connectivity index (χ1n) is 6.09. The van der Waals surface area contributed by atoms with E-state index in [9.17, 15) is 5.11 Å². The van der Waals surface area contributed by atoms with Crippen molar-refractivity contribution in [2.24, 2.45) is 10.7 Å². The number of hydrogen-bond donors (Lipinski definition) is 2. The highest BCUT2D eigenvalue weighted by molar-refractivity contribution is 5.79. The number of hydroxylamine groups is 2. The van der Waals surface area contributed by atoms with Crippen molar-refractivity contribution >= 4 is 5.96 Å². The predicted molar refractivity (Wildman–Crippen MR) is 73.6 cm³/mol. The lowest BCUT2D eigenvalue weighted by Crippen LogP contribution is -2.77. The van der Waals surface area contributed by atoms with Gasteiger partial charge in [0.05, 0.1) is 7.11 Å². The lowest BCUT2D eigenvalue weighted by atomic mass is 10.2. The van der Waals surface area contributed by atoms with Crippen LogP contribution in [-0.4, -0.2) is 84.4 Å². The summed E-state index contributed by atoms with van der Waals surface area (Å²) < 4.78 is 0. The van der Waals surface area contributed by atoms with Gasteiger partial charge in [-0.1, -0.05) is 0 Å². The summed E-state index contributed by atoms with van der Waals surface area (Å²) in [5.74, 6) is -1.03. The minimum atomic E-state index is -0.769. The van der Waals surface area contributed by atoms with E-state index in [0.29, 0.717) is 5.96 Å².